The molecular weight excluding hydrogens is 350 g/mol. The number of carbonyl (C=O) groups is 1. The Morgan fingerprint density at radius 3 is 2.85 bits per heavy atom. The number of hydrogen-bond acceptors (Lipinski definition) is 6. The minimum absolute atomic E-state index is 0.126. The van der Waals surface area contributed by atoms with E-state index in [-0.39, 0.29) is 12.1 Å². The van der Waals surface area contributed by atoms with E-state index in [4.69, 9.17) is 0 Å². The fraction of sp³-hybridized carbons (Fsp3) is 0.294. The Kier molecular flexibility index (Phi) is 5.59. The summed E-state index contributed by atoms with van der Waals surface area (Å²) in [5, 5.41) is 21.1. The zero-order valence-electron chi connectivity index (χ0n) is 14.9. The Labute approximate surface area is 155 Å². The molecule has 1 atom stereocenters. The predicted octanol–water partition coefficient (Wildman–Crippen LogP) is 2.46. The lowest BCUT2D eigenvalue weighted by atomic mass is 10.1. The van der Waals surface area contributed by atoms with Gasteiger partial charge < -0.3 is 15.5 Å². The van der Waals surface area contributed by atoms with Gasteiger partial charge in [0.15, 0.2) is 0 Å². The number of aryl methyl sites for hydroxylation is 1. The number of amides is 2. The highest BCUT2D eigenvalue weighted by molar-refractivity contribution is 7.07. The number of nitrogens with one attached hydrogen (secondary N) is 2. The maximum atomic E-state index is 12.4. The van der Waals surface area contributed by atoms with Crippen LogP contribution in [0.3, 0.4) is 0 Å². The first-order valence-corrected chi connectivity index (χ1v) is 9.06. The summed E-state index contributed by atoms with van der Waals surface area (Å²) < 4.78 is 1.54. The Morgan fingerprint density at radius 2 is 2.19 bits per heavy atom. The third kappa shape index (κ3) is 4.24. The molecule has 0 spiro atoms. The Bertz CT molecular complexity index is 846. The van der Waals surface area contributed by atoms with Crippen LogP contribution in [-0.2, 0) is 0 Å². The summed E-state index contributed by atoms with van der Waals surface area (Å²) in [7, 11) is 4.00. The van der Waals surface area contributed by atoms with Crippen molar-refractivity contribution in [1.29, 1.82) is 0 Å². The molecule has 136 valence electrons. The van der Waals surface area contributed by atoms with E-state index in [1.165, 1.54) is 11.9 Å². The Balaban J connectivity index is 1.65. The van der Waals surface area contributed by atoms with E-state index < -0.39 is 0 Å². The van der Waals surface area contributed by atoms with E-state index >= 15 is 0 Å². The highest BCUT2D eigenvalue weighted by Crippen LogP contribution is 2.21. The van der Waals surface area contributed by atoms with E-state index in [1.807, 2.05) is 44.6 Å². The van der Waals surface area contributed by atoms with Crippen LogP contribution in [0.25, 0.3) is 5.69 Å². The second-order valence-corrected chi connectivity index (χ2v) is 6.90. The van der Waals surface area contributed by atoms with Crippen molar-refractivity contribution in [2.24, 2.45) is 0 Å². The van der Waals surface area contributed by atoms with Crippen LogP contribution < -0.4 is 10.6 Å². The molecule has 3 rings (SSSR count). The number of hydrogen-bond donors (Lipinski definition) is 2. The molecule has 1 aromatic carbocycles. The monoisotopic (exact) mass is 371 g/mol. The number of thiophene rings is 1. The van der Waals surface area contributed by atoms with Gasteiger partial charge in [-0.1, -0.05) is 6.07 Å². The highest BCUT2D eigenvalue weighted by Gasteiger charge is 2.16. The van der Waals surface area contributed by atoms with Gasteiger partial charge in [-0.2, -0.15) is 11.3 Å². The lowest BCUT2D eigenvalue weighted by molar-refractivity contribution is 0.243. The fourth-order valence-electron chi connectivity index (χ4n) is 2.59. The van der Waals surface area contributed by atoms with Gasteiger partial charge in [-0.3, -0.25) is 0 Å². The first-order valence-electron chi connectivity index (χ1n) is 8.12. The molecule has 2 amide bonds. The SMILES string of the molecule is Cc1ccc(-n2cnnn2)cc1NC(=O)NC[C@H](c1ccsc1)N(C)C. The van der Waals surface area contributed by atoms with Gasteiger partial charge in [-0.15, -0.1) is 5.10 Å². The van der Waals surface area contributed by atoms with E-state index in [9.17, 15) is 4.79 Å². The summed E-state index contributed by atoms with van der Waals surface area (Å²) in [6.45, 7) is 2.45. The van der Waals surface area contributed by atoms with E-state index in [0.29, 0.717) is 12.2 Å². The first kappa shape index (κ1) is 18.0. The molecular formula is C17H21N7OS. The van der Waals surface area contributed by atoms with Gasteiger partial charge >= 0.3 is 6.03 Å². The minimum atomic E-state index is -0.246. The summed E-state index contributed by atoms with van der Waals surface area (Å²) in [5.41, 5.74) is 3.64. The molecule has 0 aliphatic heterocycles. The third-order valence-electron chi connectivity index (χ3n) is 4.09. The maximum Gasteiger partial charge on any atom is 0.319 e. The second kappa shape index (κ2) is 8.07. The smallest absolute Gasteiger partial charge is 0.319 e. The van der Waals surface area contributed by atoms with Gasteiger partial charge in [-0.05, 0) is 71.5 Å². The lowest BCUT2D eigenvalue weighted by Gasteiger charge is -2.24. The fourth-order valence-corrected chi connectivity index (χ4v) is 3.29. The van der Waals surface area contributed by atoms with Crippen LogP contribution in [0.1, 0.15) is 17.2 Å². The molecule has 0 saturated heterocycles. The van der Waals surface area contributed by atoms with Gasteiger partial charge in [0.1, 0.15) is 6.33 Å². The summed E-state index contributed by atoms with van der Waals surface area (Å²) in [6, 6.07) is 7.61. The molecule has 0 aliphatic rings. The van der Waals surface area contributed by atoms with Crippen LogP contribution in [0.2, 0.25) is 0 Å². The van der Waals surface area contributed by atoms with Crippen LogP contribution in [0, 0.1) is 6.92 Å². The van der Waals surface area contributed by atoms with Crippen LogP contribution in [0.15, 0.2) is 41.4 Å². The van der Waals surface area contributed by atoms with Crippen molar-refractivity contribution in [3.8, 4) is 5.69 Å². The van der Waals surface area contributed by atoms with Crippen LogP contribution in [0.4, 0.5) is 10.5 Å². The third-order valence-corrected chi connectivity index (χ3v) is 4.79. The molecule has 9 heteroatoms. The zero-order chi connectivity index (χ0) is 18.5. The minimum Gasteiger partial charge on any atom is -0.336 e. The number of carbonyl (C=O) groups excluding carboxylic acids is 1. The van der Waals surface area contributed by atoms with E-state index in [0.717, 1.165) is 11.3 Å². The number of aromatic nitrogens is 4. The molecule has 0 fully saturated rings. The predicted molar refractivity (Wildman–Crippen MR) is 102 cm³/mol. The molecule has 26 heavy (non-hydrogen) atoms. The summed E-state index contributed by atoms with van der Waals surface area (Å²) >= 11 is 1.65. The van der Waals surface area contributed by atoms with Gasteiger partial charge in [0, 0.05) is 12.2 Å². The average Bonchev–Trinajstić information content (AvgIpc) is 3.30. The van der Waals surface area contributed by atoms with Crippen molar-refractivity contribution in [3.63, 3.8) is 0 Å². The maximum absolute atomic E-state index is 12.4. The summed E-state index contributed by atoms with van der Waals surface area (Å²) in [5.74, 6) is 0. The highest BCUT2D eigenvalue weighted by atomic mass is 32.1. The van der Waals surface area contributed by atoms with Crippen molar-refractivity contribution in [2.75, 3.05) is 26.0 Å². The molecule has 8 nitrogen and oxygen atoms in total. The molecule has 0 bridgehead atoms. The molecule has 0 aliphatic carbocycles. The number of rotatable bonds is 6. The summed E-state index contributed by atoms with van der Waals surface area (Å²) in [4.78, 5) is 14.5. The van der Waals surface area contributed by atoms with Crippen molar-refractivity contribution in [1.82, 2.24) is 30.4 Å². The standard InChI is InChI=1S/C17H21N7OS/c1-12-4-5-14(24-11-19-21-22-24)8-15(12)20-17(25)18-9-16(23(2)3)13-6-7-26-10-13/h4-8,10-11,16H,9H2,1-3H3,(H2,18,20,25)/t16-/m1/s1. The van der Waals surface area contributed by atoms with Crippen molar-refractivity contribution in [2.45, 2.75) is 13.0 Å². The normalized spacial score (nSPS) is 12.2. The molecule has 0 radical (unpaired) electrons. The number of likely N-dealkylation sites (N-methyl/N-ethyl adjacent to an activating group) is 1. The van der Waals surface area contributed by atoms with E-state index in [1.54, 1.807) is 16.0 Å². The number of benzene rings is 1. The first-order chi connectivity index (χ1) is 12.5. The van der Waals surface area contributed by atoms with Gasteiger partial charge in [0.2, 0.25) is 0 Å². The van der Waals surface area contributed by atoms with Gasteiger partial charge in [0.05, 0.1) is 11.7 Å². The van der Waals surface area contributed by atoms with Crippen molar-refractivity contribution < 1.29 is 4.79 Å². The average molecular weight is 371 g/mol. The second-order valence-electron chi connectivity index (χ2n) is 6.12. The molecule has 0 saturated carbocycles. The largest absolute Gasteiger partial charge is 0.336 e. The molecule has 2 N–H and O–H groups in total. The number of tetrazole rings is 1. The molecule has 3 aromatic rings. The number of anilines is 1. The quantitative estimate of drug-likeness (QED) is 0.695. The van der Waals surface area contributed by atoms with Crippen LogP contribution in [-0.4, -0.2) is 51.8 Å². The van der Waals surface area contributed by atoms with E-state index in [2.05, 4.69) is 42.5 Å². The number of urea groups is 1. The van der Waals surface area contributed by atoms with Crippen LogP contribution in [0.5, 0.6) is 0 Å². The molecule has 0 unspecified atom stereocenters. The van der Waals surface area contributed by atoms with Crippen molar-refractivity contribution in [3.05, 3.63) is 52.5 Å². The van der Waals surface area contributed by atoms with Crippen molar-refractivity contribution >= 4 is 23.1 Å². The Morgan fingerprint density at radius 1 is 1.35 bits per heavy atom. The summed E-state index contributed by atoms with van der Waals surface area (Å²) in [6.07, 6.45) is 1.51. The van der Waals surface area contributed by atoms with Gasteiger partial charge in [0.25, 0.3) is 0 Å². The van der Waals surface area contributed by atoms with Crippen LogP contribution >= 0.6 is 11.3 Å². The topological polar surface area (TPSA) is 88.0 Å². The zero-order valence-corrected chi connectivity index (χ0v) is 15.7. The van der Waals surface area contributed by atoms with Gasteiger partial charge in [-0.25, -0.2) is 9.48 Å². The lowest BCUT2D eigenvalue weighted by Crippen LogP contribution is -2.36. The molecule has 2 aromatic heterocycles. The number of nitrogens with zero attached hydrogens (tertiary/aromatic N) is 5. The molecule has 2 heterocycles. The Hall–Kier alpha value is -2.78.